The molecule has 0 saturated heterocycles. The van der Waals surface area contributed by atoms with Gasteiger partial charge in [-0.2, -0.15) is 0 Å². The lowest BCUT2D eigenvalue weighted by Gasteiger charge is -2.28. The van der Waals surface area contributed by atoms with Crippen molar-refractivity contribution in [3.63, 3.8) is 0 Å². The number of aliphatic hydroxyl groups is 1. The minimum Gasteiger partial charge on any atom is -0.461 e. The molecule has 0 spiro atoms. The summed E-state index contributed by atoms with van der Waals surface area (Å²) in [6.07, 6.45) is 4.73. The van der Waals surface area contributed by atoms with E-state index in [2.05, 4.69) is 6.92 Å². The van der Waals surface area contributed by atoms with E-state index in [1.807, 2.05) is 55.5 Å². The molecule has 2 aromatic rings. The average molecular weight is 388 g/mol. The van der Waals surface area contributed by atoms with Crippen molar-refractivity contribution in [3.8, 4) is 0 Å². The van der Waals surface area contributed by atoms with Gasteiger partial charge in [0.05, 0.1) is 0 Å². The van der Waals surface area contributed by atoms with Gasteiger partial charge in [-0.1, -0.05) is 92.8 Å². The van der Waals surface area contributed by atoms with Crippen molar-refractivity contribution in [3.05, 3.63) is 66.2 Å². The molecule has 0 heterocycles. The van der Waals surface area contributed by atoms with Gasteiger partial charge in [-0.05, 0) is 24.8 Å². The zero-order valence-electron chi connectivity index (χ0n) is 16.9. The Labute approximate surface area is 168 Å². The van der Waals surface area contributed by atoms with Crippen molar-refractivity contribution < 1.29 is 25.6 Å². The Hall–Kier alpha value is -2.15. The first kappa shape index (κ1) is 25.9. The molecule has 28 heavy (non-hydrogen) atoms. The van der Waals surface area contributed by atoms with E-state index in [0.717, 1.165) is 37.6 Å². The molecule has 6 heteroatoms. The first-order valence-electron chi connectivity index (χ1n) is 9.63. The second kappa shape index (κ2) is 13.1. The summed E-state index contributed by atoms with van der Waals surface area (Å²) >= 11 is 0. The summed E-state index contributed by atoms with van der Waals surface area (Å²) in [5.41, 5.74) is -0.215. The number of carbonyl (C=O) groups is 1. The van der Waals surface area contributed by atoms with Gasteiger partial charge in [-0.15, -0.1) is 0 Å². The second-order valence-corrected chi connectivity index (χ2v) is 6.82. The topological polar surface area (TPSA) is 110 Å². The molecule has 0 amide bonds. The van der Waals surface area contributed by atoms with Crippen LogP contribution in [0.15, 0.2) is 60.7 Å². The van der Waals surface area contributed by atoms with Crippen LogP contribution in [-0.2, 0) is 15.0 Å². The molecule has 0 fully saturated rings. The molecule has 5 nitrogen and oxygen atoms in total. The molecule has 2 atom stereocenters. The van der Waals surface area contributed by atoms with Crippen molar-refractivity contribution in [2.24, 2.45) is 0 Å². The fourth-order valence-electron chi connectivity index (χ4n) is 3.11. The van der Waals surface area contributed by atoms with E-state index in [-0.39, 0.29) is 24.3 Å². The van der Waals surface area contributed by atoms with Gasteiger partial charge in [0.1, 0.15) is 6.10 Å². The fraction of sp³-hybridized carbons (Fsp3) is 0.409. The first-order chi connectivity index (χ1) is 12.6. The van der Waals surface area contributed by atoms with Gasteiger partial charge in [0.2, 0.25) is 7.28 Å². The quantitative estimate of drug-likeness (QED) is 0.381. The molecule has 0 bridgehead atoms. The highest BCUT2D eigenvalue weighted by Gasteiger charge is 2.41. The molecule has 5 N–H and O–H groups in total. The molecular formula is C22H33BO5. The van der Waals surface area contributed by atoms with E-state index < -0.39 is 11.5 Å². The van der Waals surface area contributed by atoms with E-state index >= 15 is 0 Å². The summed E-state index contributed by atoms with van der Waals surface area (Å²) in [6, 6.07) is 18.7. The van der Waals surface area contributed by atoms with Crippen LogP contribution in [0.2, 0.25) is 0 Å². The fourth-order valence-corrected chi connectivity index (χ4v) is 3.11. The molecule has 0 saturated carbocycles. The van der Waals surface area contributed by atoms with Gasteiger partial charge in [0.25, 0.3) is 0 Å². The predicted octanol–water partition coefficient (Wildman–Crippen LogP) is 1.85. The van der Waals surface area contributed by atoms with Crippen LogP contribution < -0.4 is 5.46 Å². The maximum atomic E-state index is 13.0. The minimum absolute atomic E-state index is 0. The van der Waals surface area contributed by atoms with E-state index in [1.165, 1.54) is 0 Å². The summed E-state index contributed by atoms with van der Waals surface area (Å²) < 4.78 is 5.75. The Bertz CT molecular complexity index is 665. The van der Waals surface area contributed by atoms with Crippen molar-refractivity contribution >= 4 is 18.7 Å². The lowest BCUT2D eigenvalue weighted by molar-refractivity contribution is -0.164. The van der Waals surface area contributed by atoms with E-state index in [1.54, 1.807) is 12.1 Å². The second-order valence-electron chi connectivity index (χ2n) is 6.82. The molecule has 2 rings (SSSR count). The molecule has 2 aromatic carbocycles. The van der Waals surface area contributed by atoms with Crippen LogP contribution in [0.25, 0.3) is 0 Å². The van der Waals surface area contributed by atoms with Gasteiger partial charge in [-0.25, -0.2) is 4.79 Å². The smallest absolute Gasteiger partial charge is 0.334 e. The monoisotopic (exact) mass is 388 g/mol. The molecule has 0 radical (unpaired) electrons. The van der Waals surface area contributed by atoms with Crippen LogP contribution in [0.4, 0.5) is 0 Å². The van der Waals surface area contributed by atoms with E-state index in [4.69, 9.17) is 4.74 Å². The van der Waals surface area contributed by atoms with Crippen LogP contribution in [-0.4, -0.2) is 35.4 Å². The SMILES string of the molecule is CCCCCC(CC)OC(=O)[C@](O)(Bc1ccccc1)c1ccccc1.O.O. The maximum absolute atomic E-state index is 13.0. The zero-order valence-corrected chi connectivity index (χ0v) is 16.9. The molecular weight excluding hydrogens is 355 g/mol. The number of hydrogen-bond acceptors (Lipinski definition) is 3. The number of unbranched alkanes of at least 4 members (excludes halogenated alkanes) is 2. The lowest BCUT2D eigenvalue weighted by Crippen LogP contribution is -2.48. The van der Waals surface area contributed by atoms with Crippen LogP contribution in [0, 0.1) is 0 Å². The summed E-state index contributed by atoms with van der Waals surface area (Å²) in [4.78, 5) is 13.0. The Morgan fingerprint density at radius 3 is 2.11 bits per heavy atom. The minimum atomic E-state index is -1.68. The van der Waals surface area contributed by atoms with Gasteiger partial charge in [-0.3, -0.25) is 0 Å². The van der Waals surface area contributed by atoms with Crippen LogP contribution >= 0.6 is 0 Å². The van der Waals surface area contributed by atoms with Crippen molar-refractivity contribution in [1.29, 1.82) is 0 Å². The van der Waals surface area contributed by atoms with Gasteiger partial charge in [0, 0.05) is 0 Å². The highest BCUT2D eigenvalue weighted by atomic mass is 16.6. The van der Waals surface area contributed by atoms with Crippen LogP contribution in [0.1, 0.15) is 51.5 Å². The Morgan fingerprint density at radius 2 is 1.57 bits per heavy atom. The maximum Gasteiger partial charge on any atom is 0.334 e. The number of esters is 1. The lowest BCUT2D eigenvalue weighted by atomic mass is 9.53. The van der Waals surface area contributed by atoms with Gasteiger partial charge < -0.3 is 20.8 Å². The third-order valence-corrected chi connectivity index (χ3v) is 4.75. The van der Waals surface area contributed by atoms with Gasteiger partial charge >= 0.3 is 5.97 Å². The van der Waals surface area contributed by atoms with E-state index in [9.17, 15) is 9.90 Å². The van der Waals surface area contributed by atoms with Gasteiger partial charge in [0.15, 0.2) is 5.50 Å². The standard InChI is InChI=1S/C22H29BO3.2H2O/c1-3-5-8-17-20(4-2)26-21(24)22(25,18-13-9-6-10-14-18)23-19-15-11-7-12-16-19;;/h6-7,9-16,20,23,25H,3-5,8,17H2,1-2H3;2*1H2/t20?,22-;;/m0../s1. The third-order valence-electron chi connectivity index (χ3n) is 4.75. The molecule has 0 aliphatic rings. The van der Waals surface area contributed by atoms with Crippen molar-refractivity contribution in [1.82, 2.24) is 0 Å². The Balaban J connectivity index is 0.00000364. The van der Waals surface area contributed by atoms with Crippen molar-refractivity contribution in [2.75, 3.05) is 0 Å². The third kappa shape index (κ3) is 7.11. The zero-order chi connectivity index (χ0) is 18.8. The molecule has 0 aliphatic carbocycles. The number of hydrogen-bond donors (Lipinski definition) is 1. The molecule has 1 unspecified atom stereocenters. The highest BCUT2D eigenvalue weighted by Crippen LogP contribution is 2.24. The first-order valence-corrected chi connectivity index (χ1v) is 9.63. The van der Waals surface area contributed by atoms with Crippen LogP contribution in [0.3, 0.4) is 0 Å². The average Bonchev–Trinajstić information content (AvgIpc) is 2.68. The van der Waals surface area contributed by atoms with Crippen molar-refractivity contribution in [2.45, 2.75) is 57.6 Å². The Morgan fingerprint density at radius 1 is 1.00 bits per heavy atom. The number of carbonyl (C=O) groups excluding carboxylic acids is 1. The number of ether oxygens (including phenoxy) is 1. The number of rotatable bonds is 10. The summed E-state index contributed by atoms with van der Waals surface area (Å²) in [6.45, 7) is 4.17. The predicted molar refractivity (Wildman–Crippen MR) is 115 cm³/mol. The summed E-state index contributed by atoms with van der Waals surface area (Å²) in [7, 11) is 0.197. The largest absolute Gasteiger partial charge is 0.461 e. The molecule has 154 valence electrons. The highest BCUT2D eigenvalue weighted by molar-refractivity contribution is 6.60. The number of benzene rings is 2. The normalized spacial score (nSPS) is 13.2. The molecule has 0 aromatic heterocycles. The summed E-state index contributed by atoms with van der Waals surface area (Å²) in [5, 5.41) is 11.3. The van der Waals surface area contributed by atoms with E-state index in [0.29, 0.717) is 5.56 Å². The summed E-state index contributed by atoms with van der Waals surface area (Å²) in [5.74, 6) is -0.559. The Kier molecular flexibility index (Phi) is 12.1. The molecule has 0 aliphatic heterocycles. The van der Waals surface area contributed by atoms with Crippen LogP contribution in [0.5, 0.6) is 0 Å².